The number of ether oxygens (including phenoxy) is 1. The van der Waals surface area contributed by atoms with Gasteiger partial charge in [-0.3, -0.25) is 0 Å². The number of nitrogen functional groups attached to an aromatic ring is 3. The minimum Gasteiger partial charge on any atom is -0.496 e. The normalized spacial score (nSPS) is 12.1. The van der Waals surface area contributed by atoms with Crippen LogP contribution in [-0.4, -0.2) is 31.8 Å². The van der Waals surface area contributed by atoms with Gasteiger partial charge in [-0.15, -0.1) is 0 Å². The van der Waals surface area contributed by atoms with Gasteiger partial charge in [0, 0.05) is 18.2 Å². The molecule has 0 aliphatic rings. The third-order valence-electron chi connectivity index (χ3n) is 4.24. The second-order valence-electron chi connectivity index (χ2n) is 7.80. The second kappa shape index (κ2) is 5.98. The van der Waals surface area contributed by atoms with Gasteiger partial charge in [-0.1, -0.05) is 20.8 Å². The molecule has 0 bridgehead atoms. The predicted octanol–water partition coefficient (Wildman–Crippen LogP) is 2.44. The SMILES string of the molecule is COc1cc2oc(N)nc2cc1-c1nn(CC(C)(C)C)c2nc(N)nc(N)c12. The molecule has 4 rings (SSSR count). The molecule has 4 aromatic rings. The summed E-state index contributed by atoms with van der Waals surface area (Å²) in [4.78, 5) is 12.7. The summed E-state index contributed by atoms with van der Waals surface area (Å²) < 4.78 is 12.7. The van der Waals surface area contributed by atoms with E-state index < -0.39 is 0 Å². The molecule has 146 valence electrons. The summed E-state index contributed by atoms with van der Waals surface area (Å²) in [6, 6.07) is 3.59. The molecule has 0 radical (unpaired) electrons. The number of methoxy groups -OCH3 is 1. The molecule has 10 nitrogen and oxygen atoms in total. The molecular weight excluding hydrogens is 360 g/mol. The average Bonchev–Trinajstić information content (AvgIpc) is 3.11. The van der Waals surface area contributed by atoms with E-state index in [1.165, 1.54) is 0 Å². The maximum atomic E-state index is 6.20. The maximum Gasteiger partial charge on any atom is 0.292 e. The molecule has 0 atom stereocenters. The molecule has 3 heterocycles. The van der Waals surface area contributed by atoms with Crippen molar-refractivity contribution in [3.05, 3.63) is 12.1 Å². The number of hydrogen-bond acceptors (Lipinski definition) is 9. The number of anilines is 3. The van der Waals surface area contributed by atoms with Gasteiger partial charge in [0.2, 0.25) is 5.95 Å². The van der Waals surface area contributed by atoms with Crippen molar-refractivity contribution < 1.29 is 9.15 Å². The molecule has 0 saturated carbocycles. The van der Waals surface area contributed by atoms with Crippen molar-refractivity contribution in [1.82, 2.24) is 24.7 Å². The van der Waals surface area contributed by atoms with Gasteiger partial charge in [0.1, 0.15) is 22.8 Å². The van der Waals surface area contributed by atoms with Gasteiger partial charge in [-0.25, -0.2) is 4.68 Å². The minimum atomic E-state index is -0.0424. The maximum absolute atomic E-state index is 6.20. The van der Waals surface area contributed by atoms with E-state index in [1.54, 1.807) is 23.9 Å². The molecule has 0 aliphatic carbocycles. The highest BCUT2D eigenvalue weighted by atomic mass is 16.5. The lowest BCUT2D eigenvalue weighted by molar-refractivity contribution is 0.330. The molecule has 3 aromatic heterocycles. The van der Waals surface area contributed by atoms with Crippen molar-refractivity contribution in [2.24, 2.45) is 5.41 Å². The molecular formula is C18H22N8O2. The lowest BCUT2D eigenvalue weighted by atomic mass is 9.97. The third-order valence-corrected chi connectivity index (χ3v) is 4.24. The van der Waals surface area contributed by atoms with Crippen molar-refractivity contribution >= 4 is 39.9 Å². The van der Waals surface area contributed by atoms with Crippen LogP contribution in [0.25, 0.3) is 33.4 Å². The van der Waals surface area contributed by atoms with Crippen LogP contribution in [0.3, 0.4) is 0 Å². The van der Waals surface area contributed by atoms with E-state index in [-0.39, 0.29) is 23.2 Å². The molecule has 28 heavy (non-hydrogen) atoms. The summed E-state index contributed by atoms with van der Waals surface area (Å²) in [6.07, 6.45) is 0. The topological polar surface area (TPSA) is 157 Å². The number of rotatable bonds is 3. The zero-order valence-electron chi connectivity index (χ0n) is 16.1. The zero-order chi connectivity index (χ0) is 20.2. The Kier molecular flexibility index (Phi) is 3.81. The van der Waals surface area contributed by atoms with Gasteiger partial charge in [0.25, 0.3) is 6.01 Å². The molecule has 0 unspecified atom stereocenters. The van der Waals surface area contributed by atoms with Crippen LogP contribution in [-0.2, 0) is 6.54 Å². The van der Waals surface area contributed by atoms with Gasteiger partial charge in [0.05, 0.1) is 12.5 Å². The van der Waals surface area contributed by atoms with E-state index in [1.807, 2.05) is 0 Å². The van der Waals surface area contributed by atoms with Gasteiger partial charge in [-0.2, -0.15) is 20.1 Å². The standard InChI is InChI=1S/C18H22N8O2/c1-18(2,3)7-26-15-12(14(19)23-16(20)24-15)13(25-26)8-5-9-11(6-10(8)27-4)28-17(21)22-9/h5-6H,7H2,1-4H3,(H2,21,22)(H4,19,20,23,24). The summed E-state index contributed by atoms with van der Waals surface area (Å²) in [5.41, 5.74) is 20.6. The van der Waals surface area contributed by atoms with Crippen LogP contribution in [0.2, 0.25) is 0 Å². The Labute approximate surface area is 160 Å². The van der Waals surface area contributed by atoms with Crippen molar-refractivity contribution in [3.8, 4) is 17.0 Å². The molecule has 0 amide bonds. The summed E-state index contributed by atoms with van der Waals surface area (Å²) in [7, 11) is 1.57. The Balaban J connectivity index is 2.05. The minimum absolute atomic E-state index is 0.0424. The van der Waals surface area contributed by atoms with Crippen molar-refractivity contribution in [1.29, 1.82) is 0 Å². The van der Waals surface area contributed by atoms with Crippen LogP contribution in [0.5, 0.6) is 5.75 Å². The van der Waals surface area contributed by atoms with Crippen LogP contribution >= 0.6 is 0 Å². The lowest BCUT2D eigenvalue weighted by Gasteiger charge is -2.18. The smallest absolute Gasteiger partial charge is 0.292 e. The highest BCUT2D eigenvalue weighted by Gasteiger charge is 2.24. The fourth-order valence-corrected chi connectivity index (χ4v) is 3.19. The highest BCUT2D eigenvalue weighted by molar-refractivity contribution is 6.01. The molecule has 0 spiro atoms. The summed E-state index contributed by atoms with van der Waals surface area (Å²) in [6.45, 7) is 6.94. The van der Waals surface area contributed by atoms with Gasteiger partial charge >= 0.3 is 0 Å². The Hall–Kier alpha value is -3.56. The summed E-state index contributed by atoms with van der Waals surface area (Å²) in [5, 5.41) is 5.38. The monoisotopic (exact) mass is 382 g/mol. The third kappa shape index (κ3) is 2.92. The van der Waals surface area contributed by atoms with Gasteiger partial charge < -0.3 is 26.4 Å². The van der Waals surface area contributed by atoms with Crippen molar-refractivity contribution in [2.75, 3.05) is 24.3 Å². The van der Waals surface area contributed by atoms with Gasteiger partial charge in [-0.05, 0) is 11.5 Å². The number of benzene rings is 1. The molecule has 6 N–H and O–H groups in total. The Morgan fingerprint density at radius 3 is 2.54 bits per heavy atom. The first-order valence-corrected chi connectivity index (χ1v) is 8.70. The first-order valence-electron chi connectivity index (χ1n) is 8.70. The Bertz CT molecular complexity index is 1200. The number of aromatic nitrogens is 5. The van der Waals surface area contributed by atoms with E-state index in [4.69, 9.17) is 31.5 Å². The zero-order valence-corrected chi connectivity index (χ0v) is 16.1. The van der Waals surface area contributed by atoms with Crippen LogP contribution < -0.4 is 21.9 Å². The number of oxazole rings is 1. The molecule has 0 fully saturated rings. The van der Waals surface area contributed by atoms with E-state index in [0.717, 1.165) is 0 Å². The molecule has 1 aromatic carbocycles. The highest BCUT2D eigenvalue weighted by Crippen LogP contribution is 2.39. The van der Waals surface area contributed by atoms with Crippen molar-refractivity contribution in [2.45, 2.75) is 27.3 Å². The summed E-state index contributed by atoms with van der Waals surface area (Å²) >= 11 is 0. The molecule has 0 saturated heterocycles. The lowest BCUT2D eigenvalue weighted by Crippen LogP contribution is -2.17. The van der Waals surface area contributed by atoms with E-state index in [0.29, 0.717) is 45.7 Å². The van der Waals surface area contributed by atoms with E-state index >= 15 is 0 Å². The first-order chi connectivity index (χ1) is 13.2. The summed E-state index contributed by atoms with van der Waals surface area (Å²) in [5.74, 6) is 0.889. The largest absolute Gasteiger partial charge is 0.496 e. The van der Waals surface area contributed by atoms with Crippen LogP contribution in [0.4, 0.5) is 17.8 Å². The fourth-order valence-electron chi connectivity index (χ4n) is 3.19. The van der Waals surface area contributed by atoms with E-state index in [9.17, 15) is 0 Å². The van der Waals surface area contributed by atoms with Gasteiger partial charge in [0.15, 0.2) is 11.2 Å². The second-order valence-corrected chi connectivity index (χ2v) is 7.80. The number of fused-ring (bicyclic) bond motifs is 2. The van der Waals surface area contributed by atoms with Crippen molar-refractivity contribution in [3.63, 3.8) is 0 Å². The predicted molar refractivity (Wildman–Crippen MR) is 108 cm³/mol. The molecule has 0 aliphatic heterocycles. The van der Waals surface area contributed by atoms with Crippen LogP contribution in [0.15, 0.2) is 16.5 Å². The first kappa shape index (κ1) is 17.8. The Morgan fingerprint density at radius 2 is 1.86 bits per heavy atom. The Morgan fingerprint density at radius 1 is 1.11 bits per heavy atom. The number of hydrogen-bond donors (Lipinski definition) is 3. The fraction of sp³-hybridized carbons (Fsp3) is 0.333. The quantitative estimate of drug-likeness (QED) is 0.484. The van der Waals surface area contributed by atoms with Crippen LogP contribution in [0, 0.1) is 5.41 Å². The number of nitrogens with two attached hydrogens (primary N) is 3. The number of nitrogens with zero attached hydrogens (tertiary/aromatic N) is 5. The molecule has 10 heteroatoms. The average molecular weight is 382 g/mol. The van der Waals surface area contributed by atoms with Crippen LogP contribution in [0.1, 0.15) is 20.8 Å². The van der Waals surface area contributed by atoms with E-state index in [2.05, 4.69) is 35.7 Å².